The van der Waals surface area contributed by atoms with Gasteiger partial charge in [0.2, 0.25) is 0 Å². The van der Waals surface area contributed by atoms with E-state index in [1.165, 1.54) is 0 Å². The average Bonchev–Trinajstić information content (AvgIpc) is 2.45. The molecule has 0 atom stereocenters. The Kier molecular flexibility index (Phi) is 1.40. The van der Waals surface area contributed by atoms with E-state index in [2.05, 4.69) is 0 Å². The normalized spacial score (nSPS) is 10.7. The summed E-state index contributed by atoms with van der Waals surface area (Å²) in [6.07, 6.45) is 1.67. The van der Waals surface area contributed by atoms with Crippen molar-refractivity contribution < 1.29 is 4.42 Å². The van der Waals surface area contributed by atoms with Gasteiger partial charge >= 0.3 is 0 Å². The van der Waals surface area contributed by atoms with Gasteiger partial charge in [0.15, 0.2) is 0 Å². The number of fused-ring (bicyclic) bond motifs is 1. The average molecular weight is 167 g/mol. The summed E-state index contributed by atoms with van der Waals surface area (Å²) in [5.74, 6) is 0. The van der Waals surface area contributed by atoms with Gasteiger partial charge in [-0.3, -0.25) is 0 Å². The molecule has 0 saturated carbocycles. The number of rotatable bonds is 0. The van der Waals surface area contributed by atoms with Crippen molar-refractivity contribution in [1.82, 2.24) is 0 Å². The Morgan fingerprint density at radius 1 is 1.27 bits per heavy atom. The van der Waals surface area contributed by atoms with Crippen LogP contribution in [0, 0.1) is 6.92 Å². The van der Waals surface area contributed by atoms with Crippen LogP contribution in [0.1, 0.15) is 5.56 Å². The van der Waals surface area contributed by atoms with Crippen molar-refractivity contribution in [1.29, 1.82) is 0 Å². The number of benzene rings is 1. The number of halogens is 1. The van der Waals surface area contributed by atoms with Gasteiger partial charge in [-0.25, -0.2) is 0 Å². The number of furan rings is 1. The summed E-state index contributed by atoms with van der Waals surface area (Å²) < 4.78 is 5.25. The van der Waals surface area contributed by atoms with Crippen molar-refractivity contribution in [3.05, 3.63) is 35.0 Å². The molecular formula is C9H7ClO. The predicted octanol–water partition coefficient (Wildman–Crippen LogP) is 3.39. The first-order valence-electron chi connectivity index (χ1n) is 3.41. The molecular weight excluding hydrogens is 160 g/mol. The second-order valence-electron chi connectivity index (χ2n) is 2.51. The summed E-state index contributed by atoms with van der Waals surface area (Å²) in [6, 6.07) is 5.77. The minimum Gasteiger partial charge on any atom is -0.464 e. The van der Waals surface area contributed by atoms with E-state index in [1.54, 1.807) is 6.26 Å². The number of aryl methyl sites for hydroxylation is 1. The fraction of sp³-hybridized carbons (Fsp3) is 0.111. The van der Waals surface area contributed by atoms with Crippen LogP contribution in [0.2, 0.25) is 5.02 Å². The lowest BCUT2D eigenvalue weighted by molar-refractivity contribution is 0.613. The molecule has 0 aliphatic heterocycles. The van der Waals surface area contributed by atoms with Gasteiger partial charge in [-0.05, 0) is 25.1 Å². The summed E-state index contributed by atoms with van der Waals surface area (Å²) >= 11 is 5.88. The van der Waals surface area contributed by atoms with Gasteiger partial charge in [-0.15, -0.1) is 0 Å². The molecule has 0 radical (unpaired) electrons. The zero-order chi connectivity index (χ0) is 7.84. The molecule has 2 heteroatoms. The molecule has 1 nitrogen and oxygen atoms in total. The second kappa shape index (κ2) is 2.28. The molecule has 0 aliphatic rings. The van der Waals surface area contributed by atoms with Crippen molar-refractivity contribution in [3.8, 4) is 0 Å². The molecule has 0 unspecified atom stereocenters. The molecule has 0 N–H and O–H groups in total. The van der Waals surface area contributed by atoms with Crippen LogP contribution in [-0.2, 0) is 0 Å². The first-order valence-corrected chi connectivity index (χ1v) is 3.79. The molecule has 2 aromatic rings. The summed E-state index contributed by atoms with van der Waals surface area (Å²) in [5.41, 5.74) is 1.90. The lowest BCUT2D eigenvalue weighted by Gasteiger charge is -1.96. The second-order valence-corrected chi connectivity index (χ2v) is 2.92. The standard InChI is InChI=1S/C9H7ClO/c1-6-8(10)3-2-7-4-5-11-9(6)7/h2-5H,1H3. The quantitative estimate of drug-likeness (QED) is 0.585. The first-order chi connectivity index (χ1) is 5.29. The van der Waals surface area contributed by atoms with Crippen molar-refractivity contribution in [3.63, 3.8) is 0 Å². The van der Waals surface area contributed by atoms with E-state index in [0.717, 1.165) is 21.6 Å². The minimum atomic E-state index is 0.757. The maximum absolute atomic E-state index is 5.88. The summed E-state index contributed by atoms with van der Waals surface area (Å²) in [7, 11) is 0. The third kappa shape index (κ3) is 0.925. The van der Waals surface area contributed by atoms with Crippen molar-refractivity contribution in [2.75, 3.05) is 0 Å². The SMILES string of the molecule is Cc1c(Cl)ccc2ccoc12. The van der Waals surface area contributed by atoms with Gasteiger partial charge in [0.1, 0.15) is 5.58 Å². The van der Waals surface area contributed by atoms with Gasteiger partial charge in [0, 0.05) is 16.0 Å². The maximum Gasteiger partial charge on any atom is 0.138 e. The molecule has 1 aromatic carbocycles. The Balaban J connectivity index is 2.93. The van der Waals surface area contributed by atoms with Crippen LogP contribution in [0.3, 0.4) is 0 Å². The Morgan fingerprint density at radius 3 is 2.91 bits per heavy atom. The van der Waals surface area contributed by atoms with Gasteiger partial charge in [0.25, 0.3) is 0 Å². The molecule has 1 heterocycles. The van der Waals surface area contributed by atoms with Crippen LogP contribution in [0.25, 0.3) is 11.0 Å². The smallest absolute Gasteiger partial charge is 0.138 e. The lowest BCUT2D eigenvalue weighted by atomic mass is 10.2. The van der Waals surface area contributed by atoms with Gasteiger partial charge in [-0.2, -0.15) is 0 Å². The van der Waals surface area contributed by atoms with E-state index in [-0.39, 0.29) is 0 Å². The third-order valence-corrected chi connectivity index (χ3v) is 2.21. The van der Waals surface area contributed by atoms with Crippen LogP contribution in [0.4, 0.5) is 0 Å². The number of hydrogen-bond donors (Lipinski definition) is 0. The molecule has 0 aliphatic carbocycles. The number of hydrogen-bond acceptors (Lipinski definition) is 1. The highest BCUT2D eigenvalue weighted by atomic mass is 35.5. The van der Waals surface area contributed by atoms with E-state index in [9.17, 15) is 0 Å². The molecule has 0 bridgehead atoms. The van der Waals surface area contributed by atoms with Crippen LogP contribution < -0.4 is 0 Å². The van der Waals surface area contributed by atoms with E-state index in [4.69, 9.17) is 16.0 Å². The monoisotopic (exact) mass is 166 g/mol. The zero-order valence-corrected chi connectivity index (χ0v) is 6.85. The Hall–Kier alpha value is -0.950. The van der Waals surface area contributed by atoms with Gasteiger partial charge < -0.3 is 4.42 Å². The summed E-state index contributed by atoms with van der Waals surface area (Å²) in [5, 5.41) is 1.86. The highest BCUT2D eigenvalue weighted by molar-refractivity contribution is 6.32. The van der Waals surface area contributed by atoms with Crippen LogP contribution in [0.15, 0.2) is 28.9 Å². The van der Waals surface area contributed by atoms with E-state index in [0.29, 0.717) is 0 Å². The molecule has 56 valence electrons. The topological polar surface area (TPSA) is 13.1 Å². The molecule has 11 heavy (non-hydrogen) atoms. The summed E-state index contributed by atoms with van der Waals surface area (Å²) in [6.45, 7) is 1.95. The fourth-order valence-corrected chi connectivity index (χ4v) is 1.30. The summed E-state index contributed by atoms with van der Waals surface area (Å²) in [4.78, 5) is 0. The highest BCUT2D eigenvalue weighted by Crippen LogP contribution is 2.25. The lowest BCUT2D eigenvalue weighted by Crippen LogP contribution is -1.74. The molecule has 2 rings (SSSR count). The molecule has 0 spiro atoms. The predicted molar refractivity (Wildman–Crippen MR) is 46.0 cm³/mol. The van der Waals surface area contributed by atoms with Crippen LogP contribution in [-0.4, -0.2) is 0 Å². The molecule has 0 fully saturated rings. The van der Waals surface area contributed by atoms with Gasteiger partial charge in [-0.1, -0.05) is 11.6 Å². The Labute approximate surface area is 69.6 Å². The maximum atomic E-state index is 5.88. The van der Waals surface area contributed by atoms with Crippen molar-refractivity contribution in [2.24, 2.45) is 0 Å². The molecule has 0 saturated heterocycles. The molecule has 1 aromatic heterocycles. The fourth-order valence-electron chi connectivity index (χ4n) is 1.15. The minimum absolute atomic E-state index is 0.757. The van der Waals surface area contributed by atoms with Crippen LogP contribution in [0.5, 0.6) is 0 Å². The molecule has 0 amide bonds. The zero-order valence-electron chi connectivity index (χ0n) is 6.10. The van der Waals surface area contributed by atoms with E-state index in [1.807, 2.05) is 25.1 Å². The van der Waals surface area contributed by atoms with E-state index < -0.39 is 0 Å². The van der Waals surface area contributed by atoms with Crippen molar-refractivity contribution in [2.45, 2.75) is 6.92 Å². The third-order valence-electron chi connectivity index (χ3n) is 1.80. The first kappa shape index (κ1) is 6.74. The van der Waals surface area contributed by atoms with Crippen molar-refractivity contribution >= 4 is 22.6 Å². The highest BCUT2D eigenvalue weighted by Gasteiger charge is 2.02. The Morgan fingerprint density at radius 2 is 2.09 bits per heavy atom. The van der Waals surface area contributed by atoms with Gasteiger partial charge in [0.05, 0.1) is 6.26 Å². The van der Waals surface area contributed by atoms with Crippen LogP contribution >= 0.6 is 11.6 Å². The van der Waals surface area contributed by atoms with E-state index >= 15 is 0 Å². The Bertz CT molecular complexity index is 389. The largest absolute Gasteiger partial charge is 0.464 e.